The lowest BCUT2D eigenvalue weighted by atomic mass is 9.92. The summed E-state index contributed by atoms with van der Waals surface area (Å²) in [6.07, 6.45) is -15.4. The number of hydrogen-bond donors (Lipinski definition) is 4. The van der Waals surface area contributed by atoms with Gasteiger partial charge in [0.1, 0.15) is 31.8 Å². The van der Waals surface area contributed by atoms with E-state index in [1.165, 1.54) is 25.4 Å². The second-order valence-corrected chi connectivity index (χ2v) is 16.3. The van der Waals surface area contributed by atoms with E-state index in [4.69, 9.17) is 18.9 Å². The van der Waals surface area contributed by atoms with Gasteiger partial charge in [0.05, 0.1) is 11.6 Å². The van der Waals surface area contributed by atoms with Gasteiger partial charge in [-0.15, -0.1) is 0 Å². The third-order valence-corrected chi connectivity index (χ3v) is 11.1. The number of guanidine groups is 1. The van der Waals surface area contributed by atoms with Crippen LogP contribution in [0.1, 0.15) is 46.8 Å². The van der Waals surface area contributed by atoms with Crippen molar-refractivity contribution in [3.63, 3.8) is 0 Å². The number of ether oxygens (including phenoxy) is 4. The molecule has 382 valence electrons. The molecule has 0 fully saturated rings. The third kappa shape index (κ3) is 17.6. The number of nitrogens with one attached hydrogen (secondary N) is 3. The molecule has 0 aliphatic heterocycles. The number of carbonyl (C=O) groups excluding carboxylic acids is 6. The number of ketones is 1. The summed E-state index contributed by atoms with van der Waals surface area (Å²) in [6.45, 7) is -1.27. The molecule has 73 heavy (non-hydrogen) atoms. The van der Waals surface area contributed by atoms with Crippen LogP contribution in [0.3, 0.4) is 0 Å². The molecule has 17 nitrogen and oxygen atoms in total. The van der Waals surface area contributed by atoms with Gasteiger partial charge >= 0.3 is 30.5 Å². The van der Waals surface area contributed by atoms with Gasteiger partial charge in [-0.05, 0) is 48.4 Å². The number of aliphatic hydroxyl groups excluding tert-OH is 1. The molecule has 5 aromatic carbocycles. The van der Waals surface area contributed by atoms with Crippen molar-refractivity contribution in [2.45, 2.75) is 63.1 Å². The number of benzene rings is 5. The Hall–Kier alpha value is -8.10. The van der Waals surface area contributed by atoms with E-state index in [-0.39, 0.29) is 30.8 Å². The highest BCUT2D eigenvalue weighted by Gasteiger charge is 2.48. The summed E-state index contributed by atoms with van der Waals surface area (Å²) in [5.74, 6) is 0.416. The quantitative estimate of drug-likeness (QED) is 0.0200. The standard InChI is InChI=1S/C52H51F3N6O11S/c1-56-42(40(31-62)38-25-14-6-15-26-38)43(63)44(39-27-16-7-17-28-39)72-50(67)60-47(73-2)61(51(68)71-34-37-23-12-5-13-24-37)41(45(64)52(53,54)55)29-18-30-57-46(58-48(65)69-32-35-19-8-3-9-20-35)59-49(66)70-33-36-21-10-4-11-22-36/h3-17,19-28,41-42,44-45,56,64H,18,29-30,32-34H2,1-2H3,(H2,57,58,59,65,66)/t41?,42-,44?,45?/m1/s1. The highest BCUT2D eigenvalue weighted by Crippen LogP contribution is 2.31. The van der Waals surface area contributed by atoms with Crippen molar-refractivity contribution in [2.24, 2.45) is 9.98 Å². The number of alkyl carbamates (subject to hydrolysis) is 2. The van der Waals surface area contributed by atoms with Gasteiger partial charge in [0, 0.05) is 12.1 Å². The molecule has 0 radical (unpaired) electrons. The van der Waals surface area contributed by atoms with E-state index in [1.807, 2.05) is 0 Å². The molecule has 0 bridgehead atoms. The number of rotatable bonds is 19. The molecular weight excluding hydrogens is 974 g/mol. The van der Waals surface area contributed by atoms with E-state index in [0.717, 1.165) is 0 Å². The molecule has 0 heterocycles. The number of hydrogen-bond acceptors (Lipinski definition) is 14. The largest absolute Gasteiger partial charge is 0.444 e. The Morgan fingerprint density at radius 1 is 0.712 bits per heavy atom. The summed E-state index contributed by atoms with van der Waals surface area (Å²) in [6, 6.07) is 37.4. The van der Waals surface area contributed by atoms with Crippen molar-refractivity contribution in [1.29, 1.82) is 0 Å². The summed E-state index contributed by atoms with van der Waals surface area (Å²) in [5.41, 5.74) is 2.03. The van der Waals surface area contributed by atoms with Crippen molar-refractivity contribution in [2.75, 3.05) is 19.8 Å². The SMILES string of the molecule is CN[C@@H](C(=O)C(OC(=O)N=C(SC)N(C(=O)OCc1ccccc1)C(CCCN=C(NC(=O)OCc1ccccc1)NC(=O)OCc1ccccc1)C(O)C(F)(F)F)c1ccccc1)C(=C=O)c1ccccc1. The maximum Gasteiger partial charge on any atom is 0.437 e. The second-order valence-electron chi connectivity index (χ2n) is 15.5. The van der Waals surface area contributed by atoms with E-state index in [1.54, 1.807) is 145 Å². The van der Waals surface area contributed by atoms with Crippen LogP contribution in [0.5, 0.6) is 0 Å². The number of alkyl halides is 3. The average molecular weight is 1030 g/mol. The van der Waals surface area contributed by atoms with Crippen LogP contribution in [-0.2, 0) is 48.4 Å². The van der Waals surface area contributed by atoms with Crippen molar-refractivity contribution >= 4 is 64.6 Å². The predicted molar refractivity (Wildman–Crippen MR) is 265 cm³/mol. The molecule has 0 aromatic heterocycles. The van der Waals surface area contributed by atoms with Crippen LogP contribution in [-0.4, -0.2) is 101 Å². The number of halogens is 3. The van der Waals surface area contributed by atoms with Crippen molar-refractivity contribution < 1.29 is 66.0 Å². The van der Waals surface area contributed by atoms with Crippen LogP contribution in [0.25, 0.3) is 5.57 Å². The van der Waals surface area contributed by atoms with E-state index in [0.29, 0.717) is 38.9 Å². The number of carbonyl (C=O) groups is 5. The van der Waals surface area contributed by atoms with Crippen molar-refractivity contribution in [3.8, 4) is 0 Å². The summed E-state index contributed by atoms with van der Waals surface area (Å²) in [7, 11) is 1.39. The molecule has 4 N–H and O–H groups in total. The summed E-state index contributed by atoms with van der Waals surface area (Å²) < 4.78 is 65.7. The summed E-state index contributed by atoms with van der Waals surface area (Å²) in [5, 5.41) is 17.6. The highest BCUT2D eigenvalue weighted by molar-refractivity contribution is 8.13. The van der Waals surface area contributed by atoms with Gasteiger partial charge in [-0.25, -0.2) is 28.9 Å². The first-order valence-corrected chi connectivity index (χ1v) is 23.6. The average Bonchev–Trinajstić information content (AvgIpc) is 3.40. The minimum absolute atomic E-state index is 0.122. The topological polar surface area (TPSA) is 224 Å². The molecule has 21 heteroatoms. The van der Waals surface area contributed by atoms with Crippen LogP contribution in [0.4, 0.5) is 32.3 Å². The Morgan fingerprint density at radius 2 is 1.18 bits per heavy atom. The van der Waals surface area contributed by atoms with Gasteiger partial charge in [0.2, 0.25) is 5.96 Å². The van der Waals surface area contributed by atoms with Crippen LogP contribution >= 0.6 is 11.8 Å². The van der Waals surface area contributed by atoms with Gasteiger partial charge in [-0.1, -0.05) is 163 Å². The number of amidine groups is 1. The van der Waals surface area contributed by atoms with Gasteiger partial charge < -0.3 is 29.4 Å². The molecule has 4 atom stereocenters. The van der Waals surface area contributed by atoms with E-state index >= 15 is 0 Å². The molecule has 0 spiro atoms. The molecule has 0 aliphatic rings. The zero-order chi connectivity index (χ0) is 52.6. The fourth-order valence-corrected chi connectivity index (χ4v) is 7.48. The normalized spacial score (nSPS) is 12.8. The molecule has 0 saturated carbocycles. The number of aliphatic hydroxyl groups is 1. The summed E-state index contributed by atoms with van der Waals surface area (Å²) >= 11 is 0.517. The Balaban J connectivity index is 1.46. The number of nitrogens with zero attached hydrogens (tertiary/aromatic N) is 3. The molecular formula is C52H51F3N6O11S. The second kappa shape index (κ2) is 28.7. The maximum absolute atomic E-state index is 14.7. The first-order chi connectivity index (χ1) is 35.2. The Bertz CT molecular complexity index is 2640. The van der Waals surface area contributed by atoms with Crippen LogP contribution in [0.15, 0.2) is 162 Å². The number of amides is 4. The van der Waals surface area contributed by atoms with Gasteiger partial charge in [0.15, 0.2) is 23.2 Å². The number of aliphatic imine (C=N–C) groups is 2. The Kier molecular flexibility index (Phi) is 21.9. The molecule has 0 aliphatic carbocycles. The van der Waals surface area contributed by atoms with Crippen molar-refractivity contribution in [1.82, 2.24) is 20.9 Å². The van der Waals surface area contributed by atoms with E-state index < -0.39 is 91.3 Å². The first kappa shape index (κ1) is 55.8. The first-order valence-electron chi connectivity index (χ1n) is 22.4. The molecule has 5 aromatic rings. The highest BCUT2D eigenvalue weighted by atomic mass is 32.2. The molecule has 0 saturated heterocycles. The number of thioether (sulfide) groups is 1. The summed E-state index contributed by atoms with van der Waals surface area (Å²) in [4.78, 5) is 88.8. The van der Waals surface area contributed by atoms with Gasteiger partial charge in [0.25, 0.3) is 0 Å². The van der Waals surface area contributed by atoms with Crippen molar-refractivity contribution in [3.05, 3.63) is 179 Å². The minimum Gasteiger partial charge on any atom is -0.444 e. The van der Waals surface area contributed by atoms with E-state index in [9.17, 15) is 47.0 Å². The van der Waals surface area contributed by atoms with Gasteiger partial charge in [-0.2, -0.15) is 18.2 Å². The minimum atomic E-state index is -5.38. The fourth-order valence-electron chi connectivity index (χ4n) is 6.91. The lowest BCUT2D eigenvalue weighted by Crippen LogP contribution is -2.54. The van der Waals surface area contributed by atoms with E-state index in [2.05, 4.69) is 25.9 Å². The third-order valence-electron chi connectivity index (χ3n) is 10.4. The molecule has 3 unspecified atom stereocenters. The smallest absolute Gasteiger partial charge is 0.437 e. The maximum atomic E-state index is 14.7. The monoisotopic (exact) mass is 1020 g/mol. The number of Topliss-reactive ketones (excluding diaryl/α,β-unsaturated/α-hetero) is 1. The van der Waals surface area contributed by atoms with Crippen LogP contribution in [0.2, 0.25) is 0 Å². The molecule has 5 rings (SSSR count). The lowest BCUT2D eigenvalue weighted by molar-refractivity contribution is -0.217. The Labute approximate surface area is 422 Å². The van der Waals surface area contributed by atoms with Crippen LogP contribution in [0, 0.1) is 0 Å². The molecule has 4 amide bonds. The number of likely N-dealkylation sites (N-methyl/N-ethyl adjacent to an activating group) is 1. The zero-order valence-electron chi connectivity index (χ0n) is 39.4. The van der Waals surface area contributed by atoms with Crippen LogP contribution < -0.4 is 16.0 Å². The zero-order valence-corrected chi connectivity index (χ0v) is 40.2. The van der Waals surface area contributed by atoms with Gasteiger partial charge in [-0.3, -0.25) is 20.4 Å². The Morgan fingerprint density at radius 3 is 1.63 bits per heavy atom. The predicted octanol–water partition coefficient (Wildman–Crippen LogP) is 8.58. The fraction of sp³-hybridized carbons (Fsp3) is 0.250. The lowest BCUT2D eigenvalue weighted by Gasteiger charge is -2.34.